The first-order chi connectivity index (χ1) is 20.5. The van der Waals surface area contributed by atoms with Crippen molar-refractivity contribution < 1.29 is 40.7 Å². The number of amides is 4. The summed E-state index contributed by atoms with van der Waals surface area (Å²) in [6.07, 6.45) is -1.51. The van der Waals surface area contributed by atoms with Crippen LogP contribution in [-0.4, -0.2) is 76.0 Å². The van der Waals surface area contributed by atoms with Gasteiger partial charge in [0.25, 0.3) is 5.91 Å². The third-order valence-corrected chi connectivity index (χ3v) is 8.40. The molecule has 2 aromatic rings. The van der Waals surface area contributed by atoms with E-state index in [1.54, 1.807) is 0 Å². The van der Waals surface area contributed by atoms with Crippen molar-refractivity contribution in [2.24, 2.45) is 5.92 Å². The van der Waals surface area contributed by atoms with E-state index < -0.39 is 35.1 Å². The van der Waals surface area contributed by atoms with Gasteiger partial charge in [-0.25, -0.2) is 14.7 Å². The van der Waals surface area contributed by atoms with Crippen molar-refractivity contribution in [3.05, 3.63) is 48.2 Å². The van der Waals surface area contributed by atoms with E-state index in [-0.39, 0.29) is 41.3 Å². The molecule has 15 heteroatoms. The molecular weight excluding hydrogens is 612 g/mol. The van der Waals surface area contributed by atoms with Gasteiger partial charge in [0.1, 0.15) is 11.4 Å². The van der Waals surface area contributed by atoms with Gasteiger partial charge in [-0.3, -0.25) is 14.5 Å². The maximum Gasteiger partial charge on any atom is 0.471 e. The lowest BCUT2D eigenvalue weighted by molar-refractivity contribution is -0.170. The second kappa shape index (κ2) is 13.0. The average molecular weight is 646 g/mol. The summed E-state index contributed by atoms with van der Waals surface area (Å²) in [6.45, 7) is 6.89. The minimum Gasteiger partial charge on any atom is -0.305 e. The molecule has 1 unspecified atom stereocenters. The van der Waals surface area contributed by atoms with Crippen molar-refractivity contribution >= 4 is 41.1 Å². The van der Waals surface area contributed by atoms with Gasteiger partial charge in [0, 0.05) is 30.7 Å². The van der Waals surface area contributed by atoms with Crippen LogP contribution in [0.1, 0.15) is 45.6 Å². The van der Waals surface area contributed by atoms with Crippen LogP contribution in [0.25, 0.3) is 0 Å². The number of aromatic nitrogens is 1. The van der Waals surface area contributed by atoms with Crippen molar-refractivity contribution in [3.63, 3.8) is 0 Å². The second-order valence-electron chi connectivity index (χ2n) is 11.5. The summed E-state index contributed by atoms with van der Waals surface area (Å²) in [5, 5.41) is 0. The Morgan fingerprint density at radius 2 is 1.77 bits per heavy atom. The number of piperidine rings is 1. The zero-order valence-electron chi connectivity index (χ0n) is 24.4. The lowest BCUT2D eigenvalue weighted by atomic mass is 10.0. The van der Waals surface area contributed by atoms with Crippen LogP contribution in [0.4, 0.5) is 42.6 Å². The first-order valence-electron chi connectivity index (χ1n) is 14.1. The van der Waals surface area contributed by atoms with Gasteiger partial charge in [-0.05, 0) is 106 Å². The minimum atomic E-state index is -5.13. The standard InChI is InChI=1S/C29H33F6N5O3S/c1-19-6-4-13-37(17-19)14-5-15-38(25(42)28(30,31)32)23-16-20(11-12-36-23)18-39-26(43)40(24(41)27(39,2)3)21-7-9-22(10-8-21)44-29(33,34)35/h7-12,16,19H,4-6,13-15,17-18H2,1-3H3. The van der Waals surface area contributed by atoms with E-state index in [0.717, 1.165) is 43.0 Å². The van der Waals surface area contributed by atoms with Crippen LogP contribution < -0.4 is 9.80 Å². The number of nitrogens with zero attached hydrogens (tertiary/aromatic N) is 5. The van der Waals surface area contributed by atoms with Crippen LogP contribution in [0.15, 0.2) is 47.5 Å². The molecule has 0 radical (unpaired) electrons. The monoisotopic (exact) mass is 645 g/mol. The molecule has 1 aromatic carbocycles. The molecule has 4 rings (SSSR count). The number of benzene rings is 1. The molecule has 1 atom stereocenters. The molecule has 3 heterocycles. The summed E-state index contributed by atoms with van der Waals surface area (Å²) in [5.41, 5.74) is -5.50. The Labute approximate surface area is 255 Å². The molecule has 4 amide bonds. The van der Waals surface area contributed by atoms with Crippen LogP contribution in [0.2, 0.25) is 0 Å². The van der Waals surface area contributed by atoms with Crippen molar-refractivity contribution in [1.29, 1.82) is 0 Å². The second-order valence-corrected chi connectivity index (χ2v) is 12.6. The van der Waals surface area contributed by atoms with Crippen molar-refractivity contribution in [2.45, 2.75) is 68.7 Å². The molecule has 240 valence electrons. The largest absolute Gasteiger partial charge is 0.471 e. The Kier molecular flexibility index (Phi) is 9.88. The average Bonchev–Trinajstić information content (AvgIpc) is 3.09. The van der Waals surface area contributed by atoms with E-state index in [1.807, 2.05) is 0 Å². The lowest BCUT2D eigenvalue weighted by Crippen LogP contribution is -2.44. The highest BCUT2D eigenvalue weighted by Gasteiger charge is 2.52. The van der Waals surface area contributed by atoms with Gasteiger partial charge < -0.3 is 9.80 Å². The number of rotatable bonds is 9. The number of hydrogen-bond acceptors (Lipinski definition) is 6. The van der Waals surface area contributed by atoms with Crippen LogP contribution in [0.5, 0.6) is 0 Å². The highest BCUT2D eigenvalue weighted by Crippen LogP contribution is 2.39. The smallest absolute Gasteiger partial charge is 0.305 e. The maximum atomic E-state index is 13.6. The van der Waals surface area contributed by atoms with Gasteiger partial charge in [-0.1, -0.05) is 6.92 Å². The van der Waals surface area contributed by atoms with E-state index in [1.165, 1.54) is 49.2 Å². The number of anilines is 2. The first-order valence-corrected chi connectivity index (χ1v) is 14.9. The molecule has 0 bridgehead atoms. The van der Waals surface area contributed by atoms with Gasteiger partial charge in [-0.15, -0.1) is 0 Å². The molecule has 44 heavy (non-hydrogen) atoms. The fourth-order valence-electron chi connectivity index (χ4n) is 5.43. The Morgan fingerprint density at radius 1 is 1.09 bits per heavy atom. The number of likely N-dealkylation sites (tertiary alicyclic amines) is 1. The van der Waals surface area contributed by atoms with E-state index in [0.29, 0.717) is 29.3 Å². The molecule has 0 spiro atoms. The first kappa shape index (κ1) is 33.6. The Hall–Kier alpha value is -3.33. The van der Waals surface area contributed by atoms with E-state index in [2.05, 4.69) is 16.8 Å². The highest BCUT2D eigenvalue weighted by molar-refractivity contribution is 8.00. The minimum absolute atomic E-state index is 0.0718. The van der Waals surface area contributed by atoms with Crippen LogP contribution in [-0.2, 0) is 16.1 Å². The van der Waals surface area contributed by atoms with Gasteiger partial charge >= 0.3 is 23.6 Å². The number of alkyl halides is 6. The molecule has 8 nitrogen and oxygen atoms in total. The molecule has 2 aliphatic rings. The molecule has 0 saturated carbocycles. The maximum absolute atomic E-state index is 13.6. The van der Waals surface area contributed by atoms with Gasteiger partial charge in [0.15, 0.2) is 0 Å². The zero-order valence-corrected chi connectivity index (χ0v) is 25.2. The number of halogens is 6. The number of carbonyl (C=O) groups excluding carboxylic acids is 3. The SMILES string of the molecule is CC1CCCN(CCCN(C(=O)C(F)(F)F)c2cc(CN3C(=O)N(c4ccc(SC(F)(F)F)cc4)C(=O)C3(C)C)ccn2)C1. The summed E-state index contributed by atoms with van der Waals surface area (Å²) < 4.78 is 78.8. The van der Waals surface area contributed by atoms with E-state index in [9.17, 15) is 40.7 Å². The number of hydrogen-bond donors (Lipinski definition) is 0. The number of thioether (sulfide) groups is 1. The summed E-state index contributed by atoms with van der Waals surface area (Å²) in [4.78, 5) is 47.9. The summed E-state index contributed by atoms with van der Waals surface area (Å²) >= 11 is -0.331. The quantitative estimate of drug-likeness (QED) is 0.177. The van der Waals surface area contributed by atoms with Crippen molar-refractivity contribution in [1.82, 2.24) is 14.8 Å². The fraction of sp³-hybridized carbons (Fsp3) is 0.517. The summed E-state index contributed by atoms with van der Waals surface area (Å²) in [6, 6.07) is 6.76. The molecule has 2 aliphatic heterocycles. The highest BCUT2D eigenvalue weighted by atomic mass is 32.2. The number of carbonyl (C=O) groups is 3. The van der Waals surface area contributed by atoms with Gasteiger partial charge in [0.2, 0.25) is 0 Å². The van der Waals surface area contributed by atoms with Crippen LogP contribution >= 0.6 is 11.8 Å². The van der Waals surface area contributed by atoms with Crippen molar-refractivity contribution in [3.8, 4) is 0 Å². The molecular formula is C29H33F6N5O3S. The summed E-state index contributed by atoms with van der Waals surface area (Å²) in [7, 11) is 0. The Bertz CT molecular complexity index is 1370. The molecule has 2 fully saturated rings. The zero-order chi connectivity index (χ0) is 32.4. The number of imide groups is 1. The van der Waals surface area contributed by atoms with E-state index in [4.69, 9.17) is 0 Å². The topological polar surface area (TPSA) is 77.1 Å². The normalized spacial score (nSPS) is 19.5. The van der Waals surface area contributed by atoms with Crippen molar-refractivity contribution in [2.75, 3.05) is 36.0 Å². The van der Waals surface area contributed by atoms with Crippen LogP contribution in [0, 0.1) is 5.92 Å². The Morgan fingerprint density at radius 3 is 2.39 bits per heavy atom. The number of pyridine rings is 1. The third-order valence-electron chi connectivity index (χ3n) is 7.66. The molecule has 2 saturated heterocycles. The predicted octanol–water partition coefficient (Wildman–Crippen LogP) is 6.46. The molecule has 0 aliphatic carbocycles. The molecule has 1 aromatic heterocycles. The van der Waals surface area contributed by atoms with Gasteiger partial charge in [-0.2, -0.15) is 26.3 Å². The summed E-state index contributed by atoms with van der Waals surface area (Å²) in [5.74, 6) is -2.43. The van der Waals surface area contributed by atoms with Gasteiger partial charge in [0.05, 0.1) is 5.69 Å². The van der Waals surface area contributed by atoms with Crippen LogP contribution in [0.3, 0.4) is 0 Å². The lowest BCUT2D eigenvalue weighted by Gasteiger charge is -2.31. The molecule has 0 N–H and O–H groups in total. The van der Waals surface area contributed by atoms with E-state index >= 15 is 0 Å². The predicted molar refractivity (Wildman–Crippen MR) is 153 cm³/mol. The third kappa shape index (κ3) is 7.84. The fourth-order valence-corrected chi connectivity index (χ4v) is 5.97. The number of urea groups is 1. The Balaban J connectivity index is 1.52.